The summed E-state index contributed by atoms with van der Waals surface area (Å²) in [6.45, 7) is 4.04. The molecule has 2 fully saturated rings. The van der Waals surface area contributed by atoms with Crippen molar-refractivity contribution in [3.8, 4) is 5.75 Å². The number of piperazine rings is 1. The summed E-state index contributed by atoms with van der Waals surface area (Å²) < 4.78 is 20.1. The van der Waals surface area contributed by atoms with E-state index < -0.39 is 5.91 Å². The van der Waals surface area contributed by atoms with Crippen LogP contribution in [0.5, 0.6) is 5.75 Å². The number of carbonyl (C=O) groups is 3. The summed E-state index contributed by atoms with van der Waals surface area (Å²) >= 11 is 3.41. The Labute approximate surface area is 296 Å². The summed E-state index contributed by atoms with van der Waals surface area (Å²) in [4.78, 5) is 43.1. The van der Waals surface area contributed by atoms with Gasteiger partial charge in [-0.25, -0.2) is 4.39 Å². The number of nitrogens with one attached hydrogen (secondary N) is 1. The number of rotatable bonds is 14. The van der Waals surface area contributed by atoms with Crippen LogP contribution >= 0.6 is 15.9 Å². The van der Waals surface area contributed by atoms with Crippen molar-refractivity contribution >= 4 is 39.2 Å². The standard InChI is InChI=1S/C39H44BrFN4O4/c1-25-6-2-3-8-28(25)22-45(31-16-17-31)39(48)38-32(21-30-23-44(24-34(38)43-30)37(47)10-4-9-36(42)46)27-13-11-26(12-14-27)7-5-19-49-35-20-29(41)15-18-33(35)40/h2-3,6,8,11-15,18,20,30-31,34,43H,4-5,7,9-10,16-17,19,21-24H2,1H3,(H2,42,46). The maximum Gasteiger partial charge on any atom is 0.252 e. The third-order valence-electron chi connectivity index (χ3n) is 9.72. The number of ether oxygens (including phenoxy) is 1. The molecule has 1 saturated carbocycles. The molecule has 1 aliphatic carbocycles. The van der Waals surface area contributed by atoms with Crippen molar-refractivity contribution < 1.29 is 23.5 Å². The number of amides is 3. The molecule has 2 unspecified atom stereocenters. The molecule has 3 amide bonds. The Hall–Kier alpha value is -4.02. The molecule has 49 heavy (non-hydrogen) atoms. The first-order chi connectivity index (χ1) is 23.7. The van der Waals surface area contributed by atoms with Gasteiger partial charge in [0.05, 0.1) is 17.1 Å². The van der Waals surface area contributed by atoms with Crippen LogP contribution in [0.1, 0.15) is 67.2 Å². The van der Waals surface area contributed by atoms with Gasteiger partial charge in [0.1, 0.15) is 11.6 Å². The van der Waals surface area contributed by atoms with Gasteiger partial charge < -0.3 is 25.6 Å². The predicted molar refractivity (Wildman–Crippen MR) is 191 cm³/mol. The highest BCUT2D eigenvalue weighted by Crippen LogP contribution is 2.38. The van der Waals surface area contributed by atoms with Gasteiger partial charge in [0, 0.05) is 56.2 Å². The number of carbonyl (C=O) groups excluding carboxylic acids is 3. The summed E-state index contributed by atoms with van der Waals surface area (Å²) in [5, 5.41) is 3.68. The largest absolute Gasteiger partial charge is 0.492 e. The molecule has 3 N–H and O–H groups in total. The number of nitrogens with zero attached hydrogens (tertiary/aromatic N) is 2. The molecule has 2 atom stereocenters. The quantitative estimate of drug-likeness (QED) is 0.196. The van der Waals surface area contributed by atoms with Crippen LogP contribution in [0.15, 0.2) is 76.8 Å². The summed E-state index contributed by atoms with van der Waals surface area (Å²) in [5.41, 5.74) is 11.6. The first-order valence-corrected chi connectivity index (χ1v) is 18.0. The Morgan fingerprint density at radius 3 is 2.53 bits per heavy atom. The average molecular weight is 732 g/mol. The van der Waals surface area contributed by atoms with Crippen LogP contribution in [0.4, 0.5) is 4.39 Å². The fraction of sp³-hybridized carbons (Fsp3) is 0.410. The number of aryl methyl sites for hydroxylation is 2. The van der Waals surface area contributed by atoms with Gasteiger partial charge >= 0.3 is 0 Å². The van der Waals surface area contributed by atoms with Crippen LogP contribution in [0, 0.1) is 12.7 Å². The van der Waals surface area contributed by atoms with Gasteiger partial charge in [0.2, 0.25) is 11.8 Å². The lowest BCUT2D eigenvalue weighted by Gasteiger charge is -2.45. The maximum atomic E-state index is 14.7. The molecule has 10 heteroatoms. The van der Waals surface area contributed by atoms with Crippen molar-refractivity contribution in [1.82, 2.24) is 15.1 Å². The van der Waals surface area contributed by atoms with Gasteiger partial charge in [-0.3, -0.25) is 14.4 Å². The molecular weight excluding hydrogens is 687 g/mol. The Kier molecular flexibility index (Phi) is 11.1. The fourth-order valence-electron chi connectivity index (χ4n) is 6.94. The maximum absolute atomic E-state index is 14.7. The van der Waals surface area contributed by atoms with Gasteiger partial charge in [0.15, 0.2) is 0 Å². The van der Waals surface area contributed by atoms with Crippen LogP contribution in [0.2, 0.25) is 0 Å². The fourth-order valence-corrected chi connectivity index (χ4v) is 7.30. The van der Waals surface area contributed by atoms with E-state index in [1.165, 1.54) is 12.1 Å². The zero-order valence-corrected chi connectivity index (χ0v) is 29.5. The van der Waals surface area contributed by atoms with E-state index in [0.29, 0.717) is 44.8 Å². The molecule has 0 aromatic heterocycles. The lowest BCUT2D eigenvalue weighted by atomic mass is 9.82. The van der Waals surface area contributed by atoms with Gasteiger partial charge in [-0.15, -0.1) is 0 Å². The smallest absolute Gasteiger partial charge is 0.252 e. The molecule has 3 aliphatic rings. The molecule has 2 bridgehead atoms. The normalized spacial score (nSPS) is 18.7. The van der Waals surface area contributed by atoms with Crippen LogP contribution in [0.3, 0.4) is 0 Å². The number of nitrogens with two attached hydrogens (primary N) is 1. The molecule has 2 heterocycles. The number of hydrogen-bond acceptors (Lipinski definition) is 5. The van der Waals surface area contributed by atoms with E-state index >= 15 is 0 Å². The first-order valence-electron chi connectivity index (χ1n) is 17.2. The van der Waals surface area contributed by atoms with Crippen molar-refractivity contribution in [2.45, 2.75) is 83.0 Å². The minimum absolute atomic E-state index is 0.00922. The van der Waals surface area contributed by atoms with Crippen LogP contribution in [0.25, 0.3) is 5.57 Å². The Morgan fingerprint density at radius 2 is 1.80 bits per heavy atom. The van der Waals surface area contributed by atoms with Crippen molar-refractivity contribution in [2.24, 2.45) is 5.73 Å². The Balaban J connectivity index is 1.22. The minimum atomic E-state index is -0.407. The summed E-state index contributed by atoms with van der Waals surface area (Å²) in [6, 6.07) is 21.0. The number of halogens is 2. The minimum Gasteiger partial charge on any atom is -0.492 e. The lowest BCUT2D eigenvalue weighted by Crippen LogP contribution is -2.62. The third kappa shape index (κ3) is 8.78. The molecule has 0 radical (unpaired) electrons. The van der Waals surface area contributed by atoms with E-state index in [9.17, 15) is 18.8 Å². The van der Waals surface area contributed by atoms with E-state index in [0.717, 1.165) is 63.6 Å². The summed E-state index contributed by atoms with van der Waals surface area (Å²) in [7, 11) is 0. The zero-order chi connectivity index (χ0) is 34.5. The van der Waals surface area contributed by atoms with E-state index in [1.54, 1.807) is 6.07 Å². The van der Waals surface area contributed by atoms with E-state index in [1.807, 2.05) is 21.9 Å². The monoisotopic (exact) mass is 730 g/mol. The highest BCUT2D eigenvalue weighted by molar-refractivity contribution is 9.10. The van der Waals surface area contributed by atoms with Gasteiger partial charge in [-0.2, -0.15) is 0 Å². The molecule has 2 aliphatic heterocycles. The molecule has 0 spiro atoms. The molecule has 6 rings (SSSR count). The number of benzene rings is 3. The van der Waals surface area contributed by atoms with Crippen molar-refractivity contribution in [3.05, 3.63) is 105 Å². The zero-order valence-electron chi connectivity index (χ0n) is 27.9. The Morgan fingerprint density at radius 1 is 1.02 bits per heavy atom. The van der Waals surface area contributed by atoms with Gasteiger partial charge in [-0.05, 0) is 101 Å². The van der Waals surface area contributed by atoms with Gasteiger partial charge in [-0.1, -0.05) is 48.5 Å². The summed E-state index contributed by atoms with van der Waals surface area (Å²) in [5.74, 6) is -0.229. The third-order valence-corrected chi connectivity index (χ3v) is 10.4. The van der Waals surface area contributed by atoms with Crippen LogP contribution < -0.4 is 15.8 Å². The number of hydrogen-bond donors (Lipinski definition) is 2. The molecule has 3 aromatic rings. The highest BCUT2D eigenvalue weighted by atomic mass is 79.9. The average Bonchev–Trinajstić information content (AvgIpc) is 3.93. The number of fused-ring (bicyclic) bond motifs is 2. The van der Waals surface area contributed by atoms with E-state index in [-0.39, 0.29) is 48.6 Å². The van der Waals surface area contributed by atoms with E-state index in [2.05, 4.69) is 64.6 Å². The highest BCUT2D eigenvalue weighted by Gasteiger charge is 2.43. The number of primary amides is 1. The lowest BCUT2D eigenvalue weighted by molar-refractivity contribution is -0.134. The molecular formula is C39H44BrFN4O4. The first kappa shape index (κ1) is 34.8. The van der Waals surface area contributed by atoms with Crippen LogP contribution in [-0.4, -0.2) is 65.3 Å². The SMILES string of the molecule is Cc1ccccc1CN(C(=O)C1=C(c2ccc(CCCOc3cc(F)ccc3Br)cc2)CC2CN(C(=O)CCCC(N)=O)CC1N2)C1CC1. The second-order valence-corrected chi connectivity index (χ2v) is 14.3. The molecule has 8 nitrogen and oxygen atoms in total. The Bertz CT molecular complexity index is 1720. The molecule has 1 saturated heterocycles. The van der Waals surface area contributed by atoms with Gasteiger partial charge in [0.25, 0.3) is 5.91 Å². The van der Waals surface area contributed by atoms with Crippen molar-refractivity contribution in [3.63, 3.8) is 0 Å². The van der Waals surface area contributed by atoms with E-state index in [4.69, 9.17) is 10.5 Å². The topological polar surface area (TPSA) is 105 Å². The molecule has 258 valence electrons. The second-order valence-electron chi connectivity index (χ2n) is 13.4. The van der Waals surface area contributed by atoms with Crippen molar-refractivity contribution in [1.29, 1.82) is 0 Å². The van der Waals surface area contributed by atoms with Crippen molar-refractivity contribution in [2.75, 3.05) is 19.7 Å². The second kappa shape index (κ2) is 15.7. The molecule has 3 aromatic carbocycles. The summed E-state index contributed by atoms with van der Waals surface area (Å²) in [6.07, 6.45) is 5.02. The predicted octanol–water partition coefficient (Wildman–Crippen LogP) is 6.08. The van der Waals surface area contributed by atoms with Crippen LogP contribution in [-0.2, 0) is 27.3 Å².